The van der Waals surface area contributed by atoms with Crippen molar-refractivity contribution in [2.45, 2.75) is 6.92 Å². The topological polar surface area (TPSA) is 67.3 Å². The summed E-state index contributed by atoms with van der Waals surface area (Å²) >= 11 is 0. The molecule has 0 amide bonds. The summed E-state index contributed by atoms with van der Waals surface area (Å²) in [6.45, 7) is 1.91. The lowest BCUT2D eigenvalue weighted by Gasteiger charge is -1.95. The summed E-state index contributed by atoms with van der Waals surface area (Å²) in [6, 6.07) is 5.79. The minimum atomic E-state index is 0.781. The number of hydrogen-bond acceptors (Lipinski definition) is 4. The van der Waals surface area contributed by atoms with Gasteiger partial charge < -0.3 is 0 Å². The van der Waals surface area contributed by atoms with Crippen molar-refractivity contribution in [3.05, 3.63) is 48.7 Å². The maximum absolute atomic E-state index is 4.31. The van der Waals surface area contributed by atoms with Crippen molar-refractivity contribution in [3.63, 3.8) is 0 Å². The molecule has 0 radical (unpaired) electrons. The lowest BCUT2D eigenvalue weighted by atomic mass is 10.2. The third-order valence-corrected chi connectivity index (χ3v) is 2.59. The first-order valence-electron chi connectivity index (χ1n) is 5.58. The van der Waals surface area contributed by atoms with Crippen LogP contribution in [0.5, 0.6) is 0 Å². The number of rotatable bonds is 2. The molecule has 5 heteroatoms. The number of nitrogens with one attached hydrogen (secondary N) is 1. The van der Waals surface area contributed by atoms with E-state index in [1.165, 1.54) is 0 Å². The Bertz CT molecular complexity index is 643. The van der Waals surface area contributed by atoms with Crippen molar-refractivity contribution in [3.8, 4) is 22.6 Å². The fourth-order valence-corrected chi connectivity index (χ4v) is 1.65. The smallest absolute Gasteiger partial charge is 0.106 e. The van der Waals surface area contributed by atoms with E-state index in [2.05, 4.69) is 25.1 Å². The number of aromatic nitrogens is 5. The zero-order valence-corrected chi connectivity index (χ0v) is 9.83. The van der Waals surface area contributed by atoms with Crippen molar-refractivity contribution in [2.24, 2.45) is 0 Å². The van der Waals surface area contributed by atoms with Crippen LogP contribution in [0.15, 0.2) is 43.0 Å². The Hall–Kier alpha value is -2.56. The molecule has 0 fully saturated rings. The second-order valence-electron chi connectivity index (χ2n) is 3.95. The Kier molecular flexibility index (Phi) is 2.57. The van der Waals surface area contributed by atoms with Gasteiger partial charge in [-0.15, -0.1) is 0 Å². The van der Waals surface area contributed by atoms with E-state index in [4.69, 9.17) is 0 Å². The van der Waals surface area contributed by atoms with Crippen LogP contribution in [-0.2, 0) is 0 Å². The van der Waals surface area contributed by atoms with E-state index in [0.717, 1.165) is 28.3 Å². The van der Waals surface area contributed by atoms with E-state index in [1.807, 2.05) is 25.1 Å². The first kappa shape index (κ1) is 10.6. The van der Waals surface area contributed by atoms with Gasteiger partial charge >= 0.3 is 0 Å². The molecule has 3 aromatic heterocycles. The van der Waals surface area contributed by atoms with Gasteiger partial charge in [0.1, 0.15) is 5.69 Å². The first-order chi connectivity index (χ1) is 8.83. The fraction of sp³-hybridized carbons (Fsp3) is 0.0769. The molecule has 0 aromatic carbocycles. The van der Waals surface area contributed by atoms with Crippen LogP contribution in [0.25, 0.3) is 22.6 Å². The lowest BCUT2D eigenvalue weighted by Crippen LogP contribution is -1.87. The van der Waals surface area contributed by atoms with Gasteiger partial charge in [-0.1, -0.05) is 0 Å². The molecule has 0 aliphatic heterocycles. The van der Waals surface area contributed by atoms with Crippen LogP contribution in [-0.4, -0.2) is 25.1 Å². The minimum Gasteiger partial charge on any atom is -0.276 e. The first-order valence-corrected chi connectivity index (χ1v) is 5.58. The van der Waals surface area contributed by atoms with Crippen molar-refractivity contribution in [1.82, 2.24) is 25.1 Å². The van der Waals surface area contributed by atoms with Crippen LogP contribution in [0.4, 0.5) is 0 Å². The zero-order valence-electron chi connectivity index (χ0n) is 9.83. The predicted octanol–water partition coefficient (Wildman–Crippen LogP) is 2.24. The average Bonchev–Trinajstić information content (AvgIpc) is 2.90. The van der Waals surface area contributed by atoms with Crippen molar-refractivity contribution in [2.75, 3.05) is 0 Å². The molecule has 0 atom stereocenters. The molecule has 3 aromatic rings. The van der Waals surface area contributed by atoms with E-state index < -0.39 is 0 Å². The SMILES string of the molecule is Cc1cnc(-c2cc(-c3cccnc3)n[nH]2)cn1. The highest BCUT2D eigenvalue weighted by Gasteiger charge is 2.06. The Morgan fingerprint density at radius 2 is 2.00 bits per heavy atom. The van der Waals surface area contributed by atoms with Gasteiger partial charge in [0.2, 0.25) is 0 Å². The van der Waals surface area contributed by atoms with Gasteiger partial charge in [-0.05, 0) is 25.1 Å². The highest BCUT2D eigenvalue weighted by molar-refractivity contribution is 5.65. The van der Waals surface area contributed by atoms with Crippen LogP contribution < -0.4 is 0 Å². The van der Waals surface area contributed by atoms with Crippen LogP contribution >= 0.6 is 0 Å². The molecule has 3 heterocycles. The summed E-state index contributed by atoms with van der Waals surface area (Å²) in [5.74, 6) is 0. The molecule has 5 nitrogen and oxygen atoms in total. The molecular formula is C13H11N5. The van der Waals surface area contributed by atoms with Gasteiger partial charge in [0, 0.05) is 24.2 Å². The Balaban J connectivity index is 1.97. The van der Waals surface area contributed by atoms with E-state index >= 15 is 0 Å². The lowest BCUT2D eigenvalue weighted by molar-refractivity contribution is 1.07. The molecule has 3 rings (SSSR count). The second kappa shape index (κ2) is 4.37. The summed E-state index contributed by atoms with van der Waals surface area (Å²) in [5, 5.41) is 7.21. The number of hydrogen-bond donors (Lipinski definition) is 1. The minimum absolute atomic E-state index is 0.781. The molecule has 0 spiro atoms. The van der Waals surface area contributed by atoms with Gasteiger partial charge in [-0.25, -0.2) is 0 Å². The van der Waals surface area contributed by atoms with Gasteiger partial charge in [-0.2, -0.15) is 5.10 Å². The van der Waals surface area contributed by atoms with Crippen LogP contribution in [0, 0.1) is 6.92 Å². The monoisotopic (exact) mass is 237 g/mol. The van der Waals surface area contributed by atoms with Gasteiger partial charge in [0.15, 0.2) is 0 Å². The molecule has 0 bridgehead atoms. The summed E-state index contributed by atoms with van der Waals surface area (Å²) in [7, 11) is 0. The van der Waals surface area contributed by atoms with Gasteiger partial charge in [0.25, 0.3) is 0 Å². The summed E-state index contributed by atoms with van der Waals surface area (Å²) < 4.78 is 0. The molecule has 0 unspecified atom stereocenters. The van der Waals surface area contributed by atoms with Crippen molar-refractivity contribution >= 4 is 0 Å². The van der Waals surface area contributed by atoms with E-state index in [1.54, 1.807) is 24.8 Å². The van der Waals surface area contributed by atoms with Gasteiger partial charge in [-0.3, -0.25) is 20.1 Å². The third kappa shape index (κ3) is 1.98. The molecule has 88 valence electrons. The Morgan fingerprint density at radius 3 is 2.72 bits per heavy atom. The molecule has 0 aliphatic carbocycles. The number of aromatic amines is 1. The summed E-state index contributed by atoms with van der Waals surface area (Å²) in [6.07, 6.45) is 6.99. The van der Waals surface area contributed by atoms with Gasteiger partial charge in [0.05, 0.1) is 23.3 Å². The number of nitrogens with zero attached hydrogens (tertiary/aromatic N) is 4. The number of aryl methyl sites for hydroxylation is 1. The number of pyridine rings is 1. The quantitative estimate of drug-likeness (QED) is 0.742. The summed E-state index contributed by atoms with van der Waals surface area (Å²) in [5.41, 5.74) is 4.34. The number of H-pyrrole nitrogens is 1. The normalized spacial score (nSPS) is 10.5. The Labute approximate surface area is 104 Å². The van der Waals surface area contributed by atoms with Crippen molar-refractivity contribution < 1.29 is 0 Å². The van der Waals surface area contributed by atoms with Crippen LogP contribution in [0.3, 0.4) is 0 Å². The van der Waals surface area contributed by atoms with E-state index in [0.29, 0.717) is 0 Å². The summed E-state index contributed by atoms with van der Waals surface area (Å²) in [4.78, 5) is 12.6. The molecule has 0 saturated heterocycles. The zero-order chi connectivity index (χ0) is 12.4. The standard InChI is InChI=1S/C13H11N5/c1-9-6-16-13(8-15-9)12-5-11(17-18-12)10-3-2-4-14-7-10/h2-8H,1H3,(H,17,18). The Morgan fingerprint density at radius 1 is 1.06 bits per heavy atom. The second-order valence-corrected chi connectivity index (χ2v) is 3.95. The predicted molar refractivity (Wildman–Crippen MR) is 67.6 cm³/mol. The molecule has 0 aliphatic rings. The molecular weight excluding hydrogens is 226 g/mol. The van der Waals surface area contributed by atoms with Crippen molar-refractivity contribution in [1.29, 1.82) is 0 Å². The van der Waals surface area contributed by atoms with Crippen LogP contribution in [0.2, 0.25) is 0 Å². The van der Waals surface area contributed by atoms with E-state index in [9.17, 15) is 0 Å². The highest BCUT2D eigenvalue weighted by atomic mass is 15.1. The maximum atomic E-state index is 4.31. The average molecular weight is 237 g/mol. The fourth-order valence-electron chi connectivity index (χ4n) is 1.65. The maximum Gasteiger partial charge on any atom is 0.106 e. The highest BCUT2D eigenvalue weighted by Crippen LogP contribution is 2.21. The molecule has 0 saturated carbocycles. The molecule has 1 N–H and O–H groups in total. The van der Waals surface area contributed by atoms with Crippen LogP contribution in [0.1, 0.15) is 5.69 Å². The molecule has 18 heavy (non-hydrogen) atoms. The third-order valence-electron chi connectivity index (χ3n) is 2.59. The largest absolute Gasteiger partial charge is 0.276 e. The van der Waals surface area contributed by atoms with E-state index in [-0.39, 0.29) is 0 Å².